The van der Waals surface area contributed by atoms with Crippen LogP contribution in [-0.4, -0.2) is 49.8 Å². The van der Waals surface area contributed by atoms with Gasteiger partial charge in [-0.3, -0.25) is 9.36 Å². The van der Waals surface area contributed by atoms with Gasteiger partial charge in [0.05, 0.1) is 0 Å². The van der Waals surface area contributed by atoms with E-state index in [2.05, 4.69) is 25.6 Å². The number of imidazole rings is 1. The van der Waals surface area contributed by atoms with E-state index in [9.17, 15) is 9.90 Å². The number of ether oxygens (including phenoxy) is 1. The Kier molecular flexibility index (Phi) is 6.45. The molecule has 9 nitrogen and oxygen atoms in total. The highest BCUT2D eigenvalue weighted by molar-refractivity contribution is 6.30. The number of nitrogens with zero attached hydrogens (tertiary/aromatic N) is 4. The molecular formula is C21H23ClN6O3. The van der Waals surface area contributed by atoms with Crippen molar-refractivity contribution in [3.8, 4) is 5.82 Å². The van der Waals surface area contributed by atoms with Gasteiger partial charge in [0.2, 0.25) is 5.95 Å². The number of hydrogen-bond donors (Lipinski definition) is 3. The van der Waals surface area contributed by atoms with E-state index >= 15 is 0 Å². The minimum absolute atomic E-state index is 0.151. The molecule has 3 aromatic rings. The third-order valence-corrected chi connectivity index (χ3v) is 5.23. The first kappa shape index (κ1) is 21.2. The number of nitrogens with one attached hydrogen (secondary N) is 2. The van der Waals surface area contributed by atoms with Crippen LogP contribution in [0.3, 0.4) is 0 Å². The number of halogens is 1. The van der Waals surface area contributed by atoms with Gasteiger partial charge >= 0.3 is 0 Å². The number of carbonyl (C=O) groups excluding carboxylic acids is 1. The fourth-order valence-electron chi connectivity index (χ4n) is 3.30. The number of aliphatic hydroxyl groups is 1. The van der Waals surface area contributed by atoms with Gasteiger partial charge in [-0.1, -0.05) is 23.7 Å². The number of hydrogen-bond acceptors (Lipinski definition) is 7. The maximum absolute atomic E-state index is 12.5. The van der Waals surface area contributed by atoms with Crippen molar-refractivity contribution in [2.75, 3.05) is 18.5 Å². The number of rotatable bonds is 6. The van der Waals surface area contributed by atoms with Crippen molar-refractivity contribution in [3.63, 3.8) is 0 Å². The van der Waals surface area contributed by atoms with E-state index < -0.39 is 12.1 Å². The summed E-state index contributed by atoms with van der Waals surface area (Å²) in [7, 11) is 0. The molecule has 162 valence electrons. The normalized spacial score (nSPS) is 15.5. The van der Waals surface area contributed by atoms with E-state index in [1.54, 1.807) is 41.2 Å². The Balaban J connectivity index is 1.47. The number of anilines is 1. The lowest BCUT2D eigenvalue weighted by Gasteiger charge is -2.23. The first-order valence-corrected chi connectivity index (χ1v) is 10.3. The smallest absolute Gasteiger partial charge is 0.273 e. The molecule has 3 N–H and O–H groups in total. The van der Waals surface area contributed by atoms with Gasteiger partial charge in [0.15, 0.2) is 6.23 Å². The van der Waals surface area contributed by atoms with Crippen molar-refractivity contribution in [2.24, 2.45) is 0 Å². The molecule has 1 amide bonds. The zero-order valence-electron chi connectivity index (χ0n) is 17.0. The molecule has 1 saturated heterocycles. The molecule has 0 unspecified atom stereocenters. The van der Waals surface area contributed by atoms with Crippen molar-refractivity contribution in [1.29, 1.82) is 0 Å². The fourth-order valence-corrected chi connectivity index (χ4v) is 3.50. The van der Waals surface area contributed by atoms with Crippen LogP contribution in [0.4, 0.5) is 5.95 Å². The molecule has 4 rings (SSSR count). The first-order valence-electron chi connectivity index (χ1n) is 9.96. The van der Waals surface area contributed by atoms with E-state index in [1.165, 1.54) is 6.33 Å². The average molecular weight is 443 g/mol. The molecular weight excluding hydrogens is 420 g/mol. The number of benzene rings is 1. The Labute approximate surface area is 184 Å². The lowest BCUT2D eigenvalue weighted by Crippen LogP contribution is -2.29. The van der Waals surface area contributed by atoms with Crippen LogP contribution in [0.2, 0.25) is 5.02 Å². The Morgan fingerprint density at radius 2 is 2.13 bits per heavy atom. The monoisotopic (exact) mass is 442 g/mol. The van der Waals surface area contributed by atoms with E-state index in [0.29, 0.717) is 22.4 Å². The zero-order valence-corrected chi connectivity index (χ0v) is 17.7. The first-order chi connectivity index (χ1) is 15.0. The molecule has 1 aliphatic rings. The molecule has 10 heteroatoms. The SMILES string of the molecule is Cc1cnc(NC2CCOCC2)nc1-n1cnc(C(=O)N[C@H](O)c2cccc(Cl)c2)c1. The molecule has 0 spiro atoms. The van der Waals surface area contributed by atoms with Crippen LogP contribution in [0.15, 0.2) is 43.0 Å². The summed E-state index contributed by atoms with van der Waals surface area (Å²) in [6.07, 6.45) is 5.40. The number of aliphatic hydroxyl groups excluding tert-OH is 1. The predicted molar refractivity (Wildman–Crippen MR) is 115 cm³/mol. The minimum Gasteiger partial charge on any atom is -0.381 e. The van der Waals surface area contributed by atoms with Crippen LogP contribution in [0.25, 0.3) is 5.82 Å². The quantitative estimate of drug-likeness (QED) is 0.503. The van der Waals surface area contributed by atoms with Gasteiger partial charge in [0.25, 0.3) is 5.91 Å². The highest BCUT2D eigenvalue weighted by Gasteiger charge is 2.18. The van der Waals surface area contributed by atoms with E-state index in [-0.39, 0.29) is 11.7 Å². The standard InChI is InChI=1S/C21H23ClN6O3/c1-13-10-23-21(25-16-5-7-31-8-6-16)26-18(13)28-11-17(24-12-28)20(30)27-19(29)14-3-2-4-15(22)9-14/h2-4,9-12,16,19,29H,5-8H2,1H3,(H,27,30)(H,23,25,26)/t19-/m1/s1. The molecule has 0 saturated carbocycles. The van der Waals surface area contributed by atoms with E-state index in [4.69, 9.17) is 16.3 Å². The number of aromatic nitrogens is 4. The summed E-state index contributed by atoms with van der Waals surface area (Å²) in [5.41, 5.74) is 1.47. The summed E-state index contributed by atoms with van der Waals surface area (Å²) in [6, 6.07) is 6.92. The summed E-state index contributed by atoms with van der Waals surface area (Å²) in [4.78, 5) is 25.6. The summed E-state index contributed by atoms with van der Waals surface area (Å²) in [5, 5.41) is 16.6. The minimum atomic E-state index is -1.20. The van der Waals surface area contributed by atoms with E-state index in [0.717, 1.165) is 31.6 Å². The maximum Gasteiger partial charge on any atom is 0.273 e. The lowest BCUT2D eigenvalue weighted by atomic mass is 10.1. The molecule has 1 aromatic carbocycles. The van der Waals surface area contributed by atoms with Gasteiger partial charge in [-0.2, -0.15) is 4.98 Å². The zero-order chi connectivity index (χ0) is 21.8. The average Bonchev–Trinajstić information content (AvgIpc) is 3.26. The second-order valence-electron chi connectivity index (χ2n) is 7.33. The Hall–Kier alpha value is -3.01. The second-order valence-corrected chi connectivity index (χ2v) is 7.76. The molecule has 1 atom stereocenters. The van der Waals surface area contributed by atoms with Crippen molar-refractivity contribution in [1.82, 2.24) is 24.8 Å². The maximum atomic E-state index is 12.5. The van der Waals surface area contributed by atoms with Crippen molar-refractivity contribution in [2.45, 2.75) is 32.0 Å². The van der Waals surface area contributed by atoms with Gasteiger partial charge in [-0.25, -0.2) is 9.97 Å². The van der Waals surface area contributed by atoms with Gasteiger partial charge in [-0.05, 0) is 31.9 Å². The summed E-state index contributed by atoms with van der Waals surface area (Å²) < 4.78 is 7.04. The van der Waals surface area contributed by atoms with Crippen molar-refractivity contribution >= 4 is 23.5 Å². The van der Waals surface area contributed by atoms with Gasteiger partial charge in [0, 0.05) is 47.8 Å². The predicted octanol–water partition coefficient (Wildman–Crippen LogP) is 2.64. The Bertz CT molecular complexity index is 1070. The molecule has 31 heavy (non-hydrogen) atoms. The second kappa shape index (κ2) is 9.42. The van der Waals surface area contributed by atoms with Crippen LogP contribution in [0, 0.1) is 6.92 Å². The van der Waals surface area contributed by atoms with Gasteiger partial charge in [0.1, 0.15) is 17.8 Å². The molecule has 1 fully saturated rings. The largest absolute Gasteiger partial charge is 0.381 e. The van der Waals surface area contributed by atoms with Crippen LogP contribution >= 0.6 is 11.6 Å². The molecule has 0 bridgehead atoms. The lowest BCUT2D eigenvalue weighted by molar-refractivity contribution is 0.0779. The Morgan fingerprint density at radius 1 is 1.32 bits per heavy atom. The molecule has 3 heterocycles. The molecule has 2 aromatic heterocycles. The third kappa shape index (κ3) is 5.19. The number of carbonyl (C=O) groups is 1. The fraction of sp³-hybridized carbons (Fsp3) is 0.333. The van der Waals surface area contributed by atoms with Gasteiger partial charge < -0.3 is 20.5 Å². The van der Waals surface area contributed by atoms with Crippen LogP contribution < -0.4 is 10.6 Å². The summed E-state index contributed by atoms with van der Waals surface area (Å²) >= 11 is 5.94. The van der Waals surface area contributed by atoms with Crippen LogP contribution in [0.5, 0.6) is 0 Å². The Morgan fingerprint density at radius 3 is 2.90 bits per heavy atom. The summed E-state index contributed by atoms with van der Waals surface area (Å²) in [5.74, 6) is 0.619. The molecule has 0 radical (unpaired) electrons. The molecule has 0 aliphatic carbocycles. The van der Waals surface area contributed by atoms with Gasteiger partial charge in [-0.15, -0.1) is 0 Å². The van der Waals surface area contributed by atoms with Crippen LogP contribution in [0.1, 0.15) is 40.7 Å². The van der Waals surface area contributed by atoms with Crippen LogP contribution in [-0.2, 0) is 4.74 Å². The third-order valence-electron chi connectivity index (χ3n) is 4.99. The van der Waals surface area contributed by atoms with Crippen molar-refractivity contribution < 1.29 is 14.6 Å². The molecule has 1 aliphatic heterocycles. The number of amides is 1. The van der Waals surface area contributed by atoms with Crippen molar-refractivity contribution in [3.05, 3.63) is 64.8 Å². The highest BCUT2D eigenvalue weighted by atomic mass is 35.5. The highest BCUT2D eigenvalue weighted by Crippen LogP contribution is 2.18. The topological polar surface area (TPSA) is 114 Å². The summed E-state index contributed by atoms with van der Waals surface area (Å²) in [6.45, 7) is 3.32. The number of aryl methyl sites for hydroxylation is 1. The van der Waals surface area contributed by atoms with E-state index in [1.807, 2.05) is 6.92 Å².